The molecule has 1 aliphatic heterocycles. The fraction of sp³-hybridized carbons (Fsp3) is 0.533. The molecular weight excluding hydrogens is 607 g/mol. The summed E-state index contributed by atoms with van der Waals surface area (Å²) in [6.45, 7) is 3.03. The number of nitrogens with one attached hydrogen (secondary N) is 1. The van der Waals surface area contributed by atoms with Gasteiger partial charge in [-0.05, 0) is 105 Å². The van der Waals surface area contributed by atoms with E-state index in [1.165, 1.54) is 25.9 Å². The summed E-state index contributed by atoms with van der Waals surface area (Å²) in [5.41, 5.74) is 0.694. The SMILES string of the molecule is C[NH+]1CCC(CCOC(=O)c2cc(I)cc(I)c2I)CC1. The number of likely N-dealkylation sites (tertiary alicyclic amines) is 1. The third kappa shape index (κ3) is 5.45. The highest BCUT2D eigenvalue weighted by atomic mass is 127. The van der Waals surface area contributed by atoms with E-state index in [1.54, 1.807) is 4.90 Å². The van der Waals surface area contributed by atoms with E-state index in [0.717, 1.165) is 23.0 Å². The van der Waals surface area contributed by atoms with Gasteiger partial charge >= 0.3 is 5.97 Å². The van der Waals surface area contributed by atoms with E-state index in [9.17, 15) is 4.79 Å². The lowest BCUT2D eigenvalue weighted by Crippen LogP contribution is -3.10. The van der Waals surface area contributed by atoms with Crippen LogP contribution < -0.4 is 4.90 Å². The van der Waals surface area contributed by atoms with Crippen molar-refractivity contribution in [1.82, 2.24) is 0 Å². The van der Waals surface area contributed by atoms with Crippen molar-refractivity contribution in [3.8, 4) is 0 Å². The zero-order valence-corrected chi connectivity index (χ0v) is 18.4. The molecule has 1 aromatic rings. The smallest absolute Gasteiger partial charge is 0.339 e. The van der Waals surface area contributed by atoms with Crippen LogP contribution in [0.3, 0.4) is 0 Å². The Kier molecular flexibility index (Phi) is 7.47. The third-order valence-corrected chi connectivity index (χ3v) is 7.60. The quantitative estimate of drug-likeness (QED) is 0.317. The summed E-state index contributed by atoms with van der Waals surface area (Å²) in [6, 6.07) is 3.98. The molecule has 0 bridgehead atoms. The predicted molar refractivity (Wildman–Crippen MR) is 109 cm³/mol. The molecule has 0 saturated carbocycles. The van der Waals surface area contributed by atoms with Gasteiger partial charge in [-0.25, -0.2) is 4.79 Å². The molecule has 0 atom stereocenters. The van der Waals surface area contributed by atoms with Gasteiger partial charge in [-0.3, -0.25) is 0 Å². The van der Waals surface area contributed by atoms with Crippen molar-refractivity contribution < 1.29 is 14.4 Å². The molecule has 0 aliphatic carbocycles. The highest BCUT2D eigenvalue weighted by Crippen LogP contribution is 2.23. The molecule has 0 aromatic heterocycles. The third-order valence-electron chi connectivity index (χ3n) is 3.93. The number of carbonyl (C=O) groups is 1. The summed E-state index contributed by atoms with van der Waals surface area (Å²) < 4.78 is 8.65. The van der Waals surface area contributed by atoms with Crippen molar-refractivity contribution >= 4 is 73.7 Å². The number of quaternary nitrogens is 1. The average molecular weight is 626 g/mol. The Morgan fingerprint density at radius 1 is 1.29 bits per heavy atom. The van der Waals surface area contributed by atoms with Gasteiger partial charge in [-0.2, -0.15) is 0 Å². The molecule has 3 nitrogen and oxygen atoms in total. The monoisotopic (exact) mass is 626 g/mol. The van der Waals surface area contributed by atoms with Crippen LogP contribution >= 0.6 is 67.8 Å². The van der Waals surface area contributed by atoms with E-state index < -0.39 is 0 Å². The fourth-order valence-corrected chi connectivity index (χ4v) is 4.94. The van der Waals surface area contributed by atoms with E-state index in [0.29, 0.717) is 12.2 Å². The molecule has 1 fully saturated rings. The van der Waals surface area contributed by atoms with E-state index in [4.69, 9.17) is 4.74 Å². The minimum absolute atomic E-state index is 0.186. The number of hydrogen-bond donors (Lipinski definition) is 1. The van der Waals surface area contributed by atoms with E-state index in [2.05, 4.69) is 80.9 Å². The van der Waals surface area contributed by atoms with Crippen LogP contribution in [0.25, 0.3) is 0 Å². The number of hydrogen-bond acceptors (Lipinski definition) is 2. The zero-order valence-electron chi connectivity index (χ0n) is 11.9. The largest absolute Gasteiger partial charge is 0.462 e. The Hall–Kier alpha value is 0.840. The van der Waals surface area contributed by atoms with E-state index >= 15 is 0 Å². The molecule has 1 heterocycles. The minimum atomic E-state index is -0.186. The Morgan fingerprint density at radius 3 is 2.62 bits per heavy atom. The normalized spacial score (nSPS) is 22.1. The number of rotatable bonds is 4. The van der Waals surface area contributed by atoms with Gasteiger partial charge in [0.15, 0.2) is 0 Å². The van der Waals surface area contributed by atoms with Gasteiger partial charge in [0.25, 0.3) is 0 Å². The molecule has 1 N–H and O–H groups in total. The lowest BCUT2D eigenvalue weighted by Gasteiger charge is -2.26. The van der Waals surface area contributed by atoms with Gasteiger partial charge in [-0.15, -0.1) is 0 Å². The first-order valence-electron chi connectivity index (χ1n) is 7.10. The van der Waals surface area contributed by atoms with E-state index in [1.807, 2.05) is 6.07 Å². The van der Waals surface area contributed by atoms with Crippen LogP contribution in [0.15, 0.2) is 12.1 Å². The van der Waals surface area contributed by atoms with Crippen molar-refractivity contribution in [2.75, 3.05) is 26.7 Å². The van der Waals surface area contributed by atoms with Gasteiger partial charge in [0, 0.05) is 10.7 Å². The number of piperidine rings is 1. The standard InChI is InChI=1S/C15H18I3NO2/c1-19-5-2-10(3-6-19)4-7-21-15(20)12-8-11(16)9-13(17)14(12)18/h8-10H,2-7H2,1H3/p+1. The maximum absolute atomic E-state index is 12.2. The minimum Gasteiger partial charge on any atom is -0.462 e. The van der Waals surface area contributed by atoms with Crippen LogP contribution in [0.2, 0.25) is 0 Å². The molecule has 1 aromatic carbocycles. The number of halogens is 3. The predicted octanol–water partition coefficient (Wildman–Crippen LogP) is 2.97. The zero-order chi connectivity index (χ0) is 15.4. The maximum Gasteiger partial charge on any atom is 0.339 e. The topological polar surface area (TPSA) is 30.7 Å². The summed E-state index contributed by atoms with van der Waals surface area (Å²) >= 11 is 6.72. The first-order chi connectivity index (χ1) is 9.97. The van der Waals surface area contributed by atoms with Crippen LogP contribution in [-0.4, -0.2) is 32.7 Å². The first-order valence-corrected chi connectivity index (χ1v) is 10.3. The van der Waals surface area contributed by atoms with Crippen LogP contribution in [0.1, 0.15) is 29.6 Å². The number of benzene rings is 1. The summed E-state index contributed by atoms with van der Waals surface area (Å²) in [5, 5.41) is 0. The van der Waals surface area contributed by atoms with Gasteiger partial charge in [0.05, 0.1) is 32.3 Å². The fourth-order valence-electron chi connectivity index (χ4n) is 2.56. The highest BCUT2D eigenvalue weighted by molar-refractivity contribution is 14.1. The van der Waals surface area contributed by atoms with Crippen molar-refractivity contribution in [3.63, 3.8) is 0 Å². The second-order valence-electron chi connectivity index (χ2n) is 5.57. The Bertz CT molecular complexity index is 514. The molecule has 0 amide bonds. The Balaban J connectivity index is 1.85. The molecule has 1 saturated heterocycles. The number of esters is 1. The Morgan fingerprint density at radius 2 is 1.95 bits per heavy atom. The molecular formula is C15H19I3NO2+. The Labute approximate surface area is 167 Å². The molecule has 116 valence electrons. The number of ether oxygens (including phenoxy) is 1. The van der Waals surface area contributed by atoms with Gasteiger partial charge in [0.2, 0.25) is 0 Å². The molecule has 6 heteroatoms. The molecule has 0 radical (unpaired) electrons. The van der Waals surface area contributed by atoms with Crippen molar-refractivity contribution in [1.29, 1.82) is 0 Å². The van der Waals surface area contributed by atoms with Crippen LogP contribution in [0, 0.1) is 16.6 Å². The number of carbonyl (C=O) groups excluding carboxylic acids is 1. The second-order valence-corrected chi connectivity index (χ2v) is 9.06. The molecule has 21 heavy (non-hydrogen) atoms. The lowest BCUT2D eigenvalue weighted by molar-refractivity contribution is -0.886. The van der Waals surface area contributed by atoms with Crippen molar-refractivity contribution in [3.05, 3.63) is 28.4 Å². The van der Waals surface area contributed by atoms with Crippen molar-refractivity contribution in [2.24, 2.45) is 5.92 Å². The average Bonchev–Trinajstić information content (AvgIpc) is 2.44. The van der Waals surface area contributed by atoms with Crippen LogP contribution in [0.5, 0.6) is 0 Å². The van der Waals surface area contributed by atoms with Gasteiger partial charge < -0.3 is 9.64 Å². The summed E-state index contributed by atoms with van der Waals surface area (Å²) in [7, 11) is 2.25. The maximum atomic E-state index is 12.2. The van der Waals surface area contributed by atoms with Gasteiger partial charge in [-0.1, -0.05) is 0 Å². The van der Waals surface area contributed by atoms with Crippen LogP contribution in [-0.2, 0) is 4.74 Å². The first kappa shape index (κ1) is 18.2. The highest BCUT2D eigenvalue weighted by Gasteiger charge is 2.20. The summed E-state index contributed by atoms with van der Waals surface area (Å²) in [5.74, 6) is 0.533. The molecule has 0 unspecified atom stereocenters. The van der Waals surface area contributed by atoms with Crippen LogP contribution in [0.4, 0.5) is 0 Å². The summed E-state index contributed by atoms with van der Waals surface area (Å²) in [6.07, 6.45) is 3.50. The van der Waals surface area contributed by atoms with Crippen molar-refractivity contribution in [2.45, 2.75) is 19.3 Å². The summed E-state index contributed by atoms with van der Waals surface area (Å²) in [4.78, 5) is 13.8. The second kappa shape index (κ2) is 8.62. The lowest BCUT2D eigenvalue weighted by atomic mass is 9.94. The van der Waals surface area contributed by atoms with E-state index in [-0.39, 0.29) is 5.97 Å². The molecule has 0 spiro atoms. The molecule has 1 aliphatic rings. The molecule has 2 rings (SSSR count). The van der Waals surface area contributed by atoms with Gasteiger partial charge in [0.1, 0.15) is 0 Å².